The summed E-state index contributed by atoms with van der Waals surface area (Å²) < 4.78 is 5.23. The molecule has 1 atom stereocenters. The van der Waals surface area contributed by atoms with Crippen LogP contribution in [0.5, 0.6) is 5.75 Å². The fourth-order valence-electron chi connectivity index (χ4n) is 2.23. The highest BCUT2D eigenvalue weighted by molar-refractivity contribution is 5.72. The van der Waals surface area contributed by atoms with Gasteiger partial charge in [-0.25, -0.2) is 4.79 Å². The van der Waals surface area contributed by atoms with Gasteiger partial charge in [0.05, 0.1) is 0 Å². The van der Waals surface area contributed by atoms with Gasteiger partial charge in [0.25, 0.3) is 0 Å². The van der Waals surface area contributed by atoms with E-state index in [0.717, 1.165) is 38.5 Å². The van der Waals surface area contributed by atoms with Gasteiger partial charge in [-0.15, -0.1) is 0 Å². The van der Waals surface area contributed by atoms with Crippen molar-refractivity contribution in [3.05, 3.63) is 30.3 Å². The third-order valence-electron chi connectivity index (χ3n) is 3.70. The average Bonchev–Trinajstić information content (AvgIpc) is 2.62. The summed E-state index contributed by atoms with van der Waals surface area (Å²) in [5.41, 5.74) is 0. The second-order valence-corrected chi connectivity index (χ2v) is 6.07. The Labute approximate surface area is 160 Å². The maximum Gasteiger partial charge on any atom is 0.344 e. The highest BCUT2D eigenvalue weighted by atomic mass is 16.5. The Balaban J connectivity index is 0.000000501. The predicted molar refractivity (Wildman–Crippen MR) is 101 cm³/mol. The van der Waals surface area contributed by atoms with E-state index in [9.17, 15) is 14.4 Å². The number of aliphatic carboxylic acids is 3. The van der Waals surface area contributed by atoms with Crippen LogP contribution in [0, 0.1) is 0 Å². The van der Waals surface area contributed by atoms with E-state index in [2.05, 4.69) is 0 Å². The van der Waals surface area contributed by atoms with Gasteiger partial charge in [0.2, 0.25) is 0 Å². The lowest BCUT2D eigenvalue weighted by molar-refractivity contribution is -0.145. The van der Waals surface area contributed by atoms with Crippen molar-refractivity contribution in [1.29, 1.82) is 0 Å². The third-order valence-corrected chi connectivity index (χ3v) is 3.70. The van der Waals surface area contributed by atoms with E-state index in [0.29, 0.717) is 12.2 Å². The van der Waals surface area contributed by atoms with Gasteiger partial charge in [-0.1, -0.05) is 50.8 Å². The monoisotopic (exact) mass is 382 g/mol. The van der Waals surface area contributed by atoms with Crippen molar-refractivity contribution >= 4 is 17.9 Å². The fraction of sp³-hybridized carbons (Fsp3) is 0.550. The van der Waals surface area contributed by atoms with Crippen LogP contribution >= 0.6 is 0 Å². The van der Waals surface area contributed by atoms with E-state index in [1.807, 2.05) is 18.2 Å². The van der Waals surface area contributed by atoms with Gasteiger partial charge in [-0.3, -0.25) is 9.59 Å². The van der Waals surface area contributed by atoms with Crippen LogP contribution in [0.4, 0.5) is 0 Å². The first-order valence-corrected chi connectivity index (χ1v) is 9.24. The molecule has 3 N–H and O–H groups in total. The Morgan fingerprint density at radius 1 is 0.815 bits per heavy atom. The van der Waals surface area contributed by atoms with E-state index in [1.165, 1.54) is 0 Å². The van der Waals surface area contributed by atoms with Crippen molar-refractivity contribution < 1.29 is 34.4 Å². The number of para-hydroxylation sites is 1. The summed E-state index contributed by atoms with van der Waals surface area (Å²) in [4.78, 5) is 30.9. The van der Waals surface area contributed by atoms with E-state index < -0.39 is 24.0 Å². The maximum absolute atomic E-state index is 10.6. The Hall–Kier alpha value is -2.57. The molecule has 0 bridgehead atoms. The molecule has 27 heavy (non-hydrogen) atoms. The van der Waals surface area contributed by atoms with Crippen molar-refractivity contribution in [2.45, 2.75) is 70.8 Å². The molecular weight excluding hydrogens is 352 g/mol. The van der Waals surface area contributed by atoms with E-state index >= 15 is 0 Å². The van der Waals surface area contributed by atoms with Gasteiger partial charge in [-0.05, 0) is 31.4 Å². The Morgan fingerprint density at radius 3 is 1.63 bits per heavy atom. The summed E-state index contributed by atoms with van der Waals surface area (Å²) >= 11 is 0. The maximum atomic E-state index is 10.6. The van der Waals surface area contributed by atoms with Crippen LogP contribution < -0.4 is 4.74 Å². The molecule has 0 radical (unpaired) electrons. The molecule has 1 unspecified atom stereocenters. The lowest BCUT2D eigenvalue weighted by atomic mass is 10.1. The Bertz CT molecular complexity index is 523. The van der Waals surface area contributed by atoms with Crippen molar-refractivity contribution in [2.75, 3.05) is 0 Å². The molecule has 1 aromatic rings. The first kappa shape index (κ1) is 24.4. The van der Waals surface area contributed by atoms with Gasteiger partial charge in [-0.2, -0.15) is 0 Å². The molecule has 152 valence electrons. The second kappa shape index (κ2) is 15.7. The highest BCUT2D eigenvalue weighted by Gasteiger charge is 2.15. The van der Waals surface area contributed by atoms with Crippen LogP contribution in [0.3, 0.4) is 0 Å². The van der Waals surface area contributed by atoms with Crippen molar-refractivity contribution in [1.82, 2.24) is 0 Å². The van der Waals surface area contributed by atoms with Crippen molar-refractivity contribution in [3.63, 3.8) is 0 Å². The molecule has 0 heterocycles. The lowest BCUT2D eigenvalue weighted by Crippen LogP contribution is -2.25. The zero-order valence-corrected chi connectivity index (χ0v) is 15.8. The number of carbonyl (C=O) groups is 3. The van der Waals surface area contributed by atoms with Gasteiger partial charge in [0.1, 0.15) is 5.75 Å². The second-order valence-electron chi connectivity index (χ2n) is 6.07. The smallest absolute Gasteiger partial charge is 0.344 e. The lowest BCUT2D eigenvalue weighted by Gasteiger charge is -2.12. The third kappa shape index (κ3) is 15.4. The molecule has 0 aliphatic carbocycles. The largest absolute Gasteiger partial charge is 0.481 e. The first-order valence-electron chi connectivity index (χ1n) is 9.24. The SMILES string of the molecule is CCC(Oc1ccccc1)C(=O)O.O=C(O)CCCCCCCCC(=O)O. The molecule has 0 aromatic heterocycles. The number of hydrogen-bond acceptors (Lipinski definition) is 4. The standard InChI is InChI=1S/C10H18O4.C10H12O3/c11-9(12)7-5-3-1-2-4-6-8-10(13)14;1-2-9(10(11)12)13-8-6-4-3-5-7-8/h1-8H2,(H,11,12)(H,13,14);3-7,9H,2H2,1H3,(H,11,12). The predicted octanol–water partition coefficient (Wildman–Crippen LogP) is 4.21. The summed E-state index contributed by atoms with van der Waals surface area (Å²) in [6.07, 6.45) is 5.54. The topological polar surface area (TPSA) is 121 Å². The first-order chi connectivity index (χ1) is 12.9. The normalized spacial score (nSPS) is 11.0. The van der Waals surface area contributed by atoms with Crippen LogP contribution in [0.1, 0.15) is 64.7 Å². The van der Waals surface area contributed by atoms with Crippen molar-refractivity contribution in [2.24, 2.45) is 0 Å². The van der Waals surface area contributed by atoms with E-state index in [4.69, 9.17) is 20.1 Å². The number of carboxylic acids is 3. The fourth-order valence-corrected chi connectivity index (χ4v) is 2.23. The molecule has 0 aliphatic rings. The minimum absolute atomic E-state index is 0.245. The number of hydrogen-bond donors (Lipinski definition) is 3. The average molecular weight is 382 g/mol. The van der Waals surface area contributed by atoms with Crippen LogP contribution in [0.15, 0.2) is 30.3 Å². The van der Waals surface area contributed by atoms with E-state index in [1.54, 1.807) is 19.1 Å². The molecule has 1 rings (SSSR count). The van der Waals surface area contributed by atoms with Gasteiger partial charge < -0.3 is 20.1 Å². The van der Waals surface area contributed by atoms with Gasteiger partial charge in [0.15, 0.2) is 6.10 Å². The molecule has 0 amide bonds. The highest BCUT2D eigenvalue weighted by Crippen LogP contribution is 2.12. The zero-order chi connectivity index (χ0) is 20.5. The van der Waals surface area contributed by atoms with Crippen LogP contribution in [0.25, 0.3) is 0 Å². The number of ether oxygens (including phenoxy) is 1. The quantitative estimate of drug-likeness (QED) is 0.437. The number of unbranched alkanes of at least 4 members (excludes halogenated alkanes) is 5. The minimum Gasteiger partial charge on any atom is -0.481 e. The number of carboxylic acid groups (broad SMARTS) is 3. The molecule has 0 spiro atoms. The van der Waals surface area contributed by atoms with Gasteiger partial charge in [0, 0.05) is 12.8 Å². The number of benzene rings is 1. The Morgan fingerprint density at radius 2 is 1.26 bits per heavy atom. The molecule has 7 heteroatoms. The zero-order valence-electron chi connectivity index (χ0n) is 15.8. The van der Waals surface area contributed by atoms with Crippen molar-refractivity contribution in [3.8, 4) is 5.75 Å². The van der Waals surface area contributed by atoms with Crippen LogP contribution in [-0.2, 0) is 14.4 Å². The summed E-state index contributed by atoms with van der Waals surface area (Å²) in [6, 6.07) is 8.96. The molecule has 1 aromatic carbocycles. The summed E-state index contributed by atoms with van der Waals surface area (Å²) in [5.74, 6) is -1.81. The molecule has 0 fully saturated rings. The van der Waals surface area contributed by atoms with Gasteiger partial charge >= 0.3 is 17.9 Å². The Kier molecular flexibility index (Phi) is 14.2. The molecule has 0 aliphatic heterocycles. The minimum atomic E-state index is -0.925. The molecule has 0 saturated carbocycles. The molecule has 7 nitrogen and oxygen atoms in total. The van der Waals surface area contributed by atoms with Crippen LogP contribution in [-0.4, -0.2) is 39.3 Å². The molecule has 0 saturated heterocycles. The summed E-state index contributed by atoms with van der Waals surface area (Å²) in [5, 5.41) is 25.4. The van der Waals surface area contributed by atoms with Crippen LogP contribution in [0.2, 0.25) is 0 Å². The molecular formula is C20H30O7. The summed E-state index contributed by atoms with van der Waals surface area (Å²) in [7, 11) is 0. The number of rotatable bonds is 13. The van der Waals surface area contributed by atoms with E-state index in [-0.39, 0.29) is 12.8 Å². The summed E-state index contributed by atoms with van der Waals surface area (Å²) in [6.45, 7) is 1.78.